The summed E-state index contributed by atoms with van der Waals surface area (Å²) < 4.78 is 10.9. The van der Waals surface area contributed by atoms with Gasteiger partial charge in [0.2, 0.25) is 0 Å². The van der Waals surface area contributed by atoms with Gasteiger partial charge in [0, 0.05) is 38.8 Å². The van der Waals surface area contributed by atoms with Crippen LogP contribution in [0.4, 0.5) is 5.82 Å². The molecule has 0 bridgehead atoms. The van der Waals surface area contributed by atoms with Gasteiger partial charge in [0.1, 0.15) is 11.6 Å². The largest absolute Gasteiger partial charge is 0.493 e. The summed E-state index contributed by atoms with van der Waals surface area (Å²) in [7, 11) is 0. The number of nitrogens with one attached hydrogen (secondary N) is 1. The van der Waals surface area contributed by atoms with Gasteiger partial charge in [-0.25, -0.2) is 4.98 Å². The van der Waals surface area contributed by atoms with Crippen LogP contribution >= 0.6 is 0 Å². The summed E-state index contributed by atoms with van der Waals surface area (Å²) in [5.74, 6) is 2.09. The first-order valence-electron chi connectivity index (χ1n) is 8.61. The van der Waals surface area contributed by atoms with Gasteiger partial charge in [-0.05, 0) is 28.8 Å². The average Bonchev–Trinajstić information content (AvgIpc) is 3.11. The summed E-state index contributed by atoms with van der Waals surface area (Å²) in [5.41, 5.74) is 3.83. The lowest BCUT2D eigenvalue weighted by atomic mass is 10.1. The molecule has 1 aromatic carbocycles. The zero-order valence-electron chi connectivity index (χ0n) is 13.8. The minimum Gasteiger partial charge on any atom is -0.493 e. The molecule has 1 fully saturated rings. The maximum absolute atomic E-state index is 5.55. The van der Waals surface area contributed by atoms with Crippen LogP contribution in [0.3, 0.4) is 0 Å². The standard InChI is InChI=1S/C19H23N3O2/c1-3-18-17(5-8-24-18)11-15(1)12-20-13-16-2-4-19(21-14-16)22-6-9-23-10-7-22/h1-4,11,14,20H,5-10,12-13H2. The number of fused-ring (bicyclic) bond motifs is 1. The first-order chi connectivity index (χ1) is 11.9. The Morgan fingerprint density at radius 2 is 1.83 bits per heavy atom. The van der Waals surface area contributed by atoms with Crippen LogP contribution < -0.4 is 15.0 Å². The van der Waals surface area contributed by atoms with Crippen molar-refractivity contribution in [1.82, 2.24) is 10.3 Å². The van der Waals surface area contributed by atoms with Gasteiger partial charge in [-0.1, -0.05) is 18.2 Å². The van der Waals surface area contributed by atoms with Gasteiger partial charge in [-0.3, -0.25) is 0 Å². The van der Waals surface area contributed by atoms with Crippen molar-refractivity contribution in [3.05, 3.63) is 53.2 Å². The zero-order chi connectivity index (χ0) is 16.2. The number of pyridine rings is 1. The number of hydrogen-bond acceptors (Lipinski definition) is 5. The topological polar surface area (TPSA) is 46.6 Å². The molecule has 2 aromatic rings. The second-order valence-electron chi connectivity index (χ2n) is 6.27. The van der Waals surface area contributed by atoms with E-state index in [0.29, 0.717) is 0 Å². The van der Waals surface area contributed by atoms with Crippen LogP contribution in [-0.2, 0) is 24.2 Å². The van der Waals surface area contributed by atoms with E-state index in [1.807, 2.05) is 6.20 Å². The van der Waals surface area contributed by atoms with Crippen molar-refractivity contribution in [1.29, 1.82) is 0 Å². The van der Waals surface area contributed by atoms with Crippen molar-refractivity contribution in [2.24, 2.45) is 0 Å². The lowest BCUT2D eigenvalue weighted by Gasteiger charge is -2.27. The van der Waals surface area contributed by atoms with E-state index in [1.165, 1.54) is 16.7 Å². The number of rotatable bonds is 5. The molecule has 0 radical (unpaired) electrons. The summed E-state index contributed by atoms with van der Waals surface area (Å²) in [4.78, 5) is 6.86. The Hall–Kier alpha value is -2.11. The molecule has 0 amide bonds. The molecule has 2 aliphatic rings. The minimum atomic E-state index is 0.788. The molecular weight excluding hydrogens is 302 g/mol. The monoisotopic (exact) mass is 325 g/mol. The predicted molar refractivity (Wildman–Crippen MR) is 93.5 cm³/mol. The van der Waals surface area contributed by atoms with Crippen LogP contribution in [0.1, 0.15) is 16.7 Å². The van der Waals surface area contributed by atoms with Crippen molar-refractivity contribution >= 4 is 5.82 Å². The third-order valence-electron chi connectivity index (χ3n) is 4.56. The van der Waals surface area contributed by atoms with E-state index < -0.39 is 0 Å². The molecule has 4 rings (SSSR count). The quantitative estimate of drug-likeness (QED) is 0.913. The number of nitrogens with zero attached hydrogens (tertiary/aromatic N) is 2. The summed E-state index contributed by atoms with van der Waals surface area (Å²) in [5, 5.41) is 3.49. The number of benzene rings is 1. The van der Waals surface area contributed by atoms with Crippen LogP contribution in [0.2, 0.25) is 0 Å². The molecule has 1 saturated heterocycles. The first-order valence-corrected chi connectivity index (χ1v) is 8.61. The molecule has 0 saturated carbocycles. The molecule has 1 aromatic heterocycles. The summed E-state index contributed by atoms with van der Waals surface area (Å²) in [6.07, 6.45) is 2.99. The Morgan fingerprint density at radius 1 is 1.00 bits per heavy atom. The number of aromatic nitrogens is 1. The first kappa shape index (κ1) is 15.4. The Kier molecular flexibility index (Phi) is 4.62. The van der Waals surface area contributed by atoms with E-state index in [4.69, 9.17) is 9.47 Å². The molecule has 5 nitrogen and oxygen atoms in total. The number of morpholine rings is 1. The van der Waals surface area contributed by atoms with Crippen LogP contribution in [0.25, 0.3) is 0 Å². The Labute approximate surface area is 142 Å². The van der Waals surface area contributed by atoms with E-state index >= 15 is 0 Å². The number of hydrogen-bond donors (Lipinski definition) is 1. The van der Waals surface area contributed by atoms with Gasteiger partial charge in [0.15, 0.2) is 0 Å². The molecule has 1 N–H and O–H groups in total. The SMILES string of the molecule is c1cc(N2CCOCC2)ncc1CNCc1ccc2c(c1)CCO2. The normalized spacial score (nSPS) is 16.8. The van der Waals surface area contributed by atoms with E-state index in [-0.39, 0.29) is 0 Å². The van der Waals surface area contributed by atoms with Crippen LogP contribution in [0, 0.1) is 0 Å². The average molecular weight is 325 g/mol. The maximum Gasteiger partial charge on any atom is 0.128 e. The summed E-state index contributed by atoms with van der Waals surface area (Å²) >= 11 is 0. The Bertz CT molecular complexity index is 682. The van der Waals surface area contributed by atoms with Crippen molar-refractivity contribution in [3.8, 4) is 5.75 Å². The lowest BCUT2D eigenvalue weighted by molar-refractivity contribution is 0.122. The molecule has 3 heterocycles. The van der Waals surface area contributed by atoms with Gasteiger partial charge < -0.3 is 19.7 Å². The van der Waals surface area contributed by atoms with E-state index in [0.717, 1.165) is 64.0 Å². The molecule has 0 spiro atoms. The van der Waals surface area contributed by atoms with Gasteiger partial charge >= 0.3 is 0 Å². The third-order valence-corrected chi connectivity index (χ3v) is 4.56. The smallest absolute Gasteiger partial charge is 0.128 e. The number of ether oxygens (including phenoxy) is 2. The molecule has 2 aliphatic heterocycles. The second-order valence-corrected chi connectivity index (χ2v) is 6.27. The van der Waals surface area contributed by atoms with Gasteiger partial charge in [0.25, 0.3) is 0 Å². The maximum atomic E-state index is 5.55. The van der Waals surface area contributed by atoms with Gasteiger partial charge in [-0.15, -0.1) is 0 Å². The zero-order valence-corrected chi connectivity index (χ0v) is 13.8. The van der Waals surface area contributed by atoms with Crippen molar-refractivity contribution in [2.75, 3.05) is 37.8 Å². The molecule has 5 heteroatoms. The molecule has 0 aliphatic carbocycles. The molecule has 24 heavy (non-hydrogen) atoms. The highest BCUT2D eigenvalue weighted by molar-refractivity contribution is 5.40. The Morgan fingerprint density at radius 3 is 2.67 bits per heavy atom. The van der Waals surface area contributed by atoms with Gasteiger partial charge in [-0.2, -0.15) is 0 Å². The fraction of sp³-hybridized carbons (Fsp3) is 0.421. The fourth-order valence-corrected chi connectivity index (χ4v) is 3.20. The van der Waals surface area contributed by atoms with E-state index in [1.54, 1.807) is 0 Å². The van der Waals surface area contributed by atoms with E-state index in [9.17, 15) is 0 Å². The van der Waals surface area contributed by atoms with Crippen molar-refractivity contribution in [2.45, 2.75) is 19.5 Å². The molecule has 0 atom stereocenters. The van der Waals surface area contributed by atoms with Crippen molar-refractivity contribution in [3.63, 3.8) is 0 Å². The lowest BCUT2D eigenvalue weighted by Crippen LogP contribution is -2.36. The molecule has 126 valence electrons. The minimum absolute atomic E-state index is 0.788. The fourth-order valence-electron chi connectivity index (χ4n) is 3.20. The number of anilines is 1. The van der Waals surface area contributed by atoms with Crippen LogP contribution in [-0.4, -0.2) is 37.9 Å². The molecular formula is C19H23N3O2. The summed E-state index contributed by atoms with van der Waals surface area (Å²) in [6, 6.07) is 10.7. The highest BCUT2D eigenvalue weighted by atomic mass is 16.5. The van der Waals surface area contributed by atoms with Crippen molar-refractivity contribution < 1.29 is 9.47 Å². The van der Waals surface area contributed by atoms with Gasteiger partial charge in [0.05, 0.1) is 19.8 Å². The molecule has 0 unspecified atom stereocenters. The highest BCUT2D eigenvalue weighted by Gasteiger charge is 2.13. The van der Waals surface area contributed by atoms with Crippen LogP contribution in [0.15, 0.2) is 36.5 Å². The Balaban J connectivity index is 1.29. The second kappa shape index (κ2) is 7.20. The highest BCUT2D eigenvalue weighted by Crippen LogP contribution is 2.25. The summed E-state index contributed by atoms with van der Waals surface area (Å²) in [6.45, 7) is 5.92. The van der Waals surface area contributed by atoms with E-state index in [2.05, 4.69) is 45.5 Å². The van der Waals surface area contributed by atoms with Crippen LogP contribution in [0.5, 0.6) is 5.75 Å². The predicted octanol–water partition coefficient (Wildman–Crippen LogP) is 2.14. The third kappa shape index (κ3) is 3.52.